The highest BCUT2D eigenvalue weighted by Gasteiger charge is 2.56. The number of carbonyl (C=O) groups is 2. The van der Waals surface area contributed by atoms with Crippen molar-refractivity contribution < 1.29 is 28.4 Å². The van der Waals surface area contributed by atoms with E-state index < -0.39 is 5.41 Å². The standard InChI is InChI=1S/C19H26N4O4.CH2O2/c1-4-17-20-16(21-27-17)9-22(3)18(24)19-11-23(7-14(19)10-25-12-19)8-15-6-5-13(2)26-15;2-1-3/h5-6,14H,4,7-12H2,1-3H3;1H,(H,2,3)/t14-,19-;/m1./s1. The van der Waals surface area contributed by atoms with Crippen molar-refractivity contribution in [3.63, 3.8) is 0 Å². The van der Waals surface area contributed by atoms with Gasteiger partial charge in [-0.2, -0.15) is 4.98 Å². The molecule has 0 aliphatic carbocycles. The molecule has 2 fully saturated rings. The third-order valence-corrected chi connectivity index (χ3v) is 5.58. The number of likely N-dealkylation sites (tertiary alicyclic amines) is 1. The SMILES string of the molecule is CCc1nc(CN(C)C(=O)[C@]23COC[C@H]2CN(Cc2ccc(C)o2)C3)no1.O=CO. The molecule has 10 heteroatoms. The Morgan fingerprint density at radius 1 is 1.47 bits per heavy atom. The molecule has 2 aliphatic rings. The Labute approximate surface area is 174 Å². The average Bonchev–Trinajstić information content (AvgIpc) is 3.46. The fourth-order valence-electron chi connectivity index (χ4n) is 4.22. The molecule has 164 valence electrons. The van der Waals surface area contributed by atoms with Crippen molar-refractivity contribution in [2.75, 3.05) is 33.4 Å². The van der Waals surface area contributed by atoms with Crippen LogP contribution in [0.5, 0.6) is 0 Å². The van der Waals surface area contributed by atoms with Gasteiger partial charge in [0, 0.05) is 32.5 Å². The lowest BCUT2D eigenvalue weighted by Gasteiger charge is -2.30. The van der Waals surface area contributed by atoms with Gasteiger partial charge in [-0.3, -0.25) is 14.5 Å². The maximum atomic E-state index is 13.3. The number of hydrogen-bond acceptors (Lipinski definition) is 8. The van der Waals surface area contributed by atoms with Crippen LogP contribution in [-0.4, -0.2) is 70.8 Å². The Morgan fingerprint density at radius 2 is 2.23 bits per heavy atom. The molecular weight excluding hydrogens is 392 g/mol. The van der Waals surface area contributed by atoms with Crippen molar-refractivity contribution in [2.45, 2.75) is 33.4 Å². The number of aromatic nitrogens is 2. The van der Waals surface area contributed by atoms with Crippen LogP contribution in [0.1, 0.15) is 30.2 Å². The van der Waals surface area contributed by atoms with Crippen LogP contribution in [0.25, 0.3) is 0 Å². The van der Waals surface area contributed by atoms with Crippen molar-refractivity contribution in [1.82, 2.24) is 19.9 Å². The van der Waals surface area contributed by atoms with Gasteiger partial charge in [0.15, 0.2) is 5.82 Å². The molecule has 4 heterocycles. The van der Waals surface area contributed by atoms with E-state index in [4.69, 9.17) is 23.6 Å². The van der Waals surface area contributed by atoms with E-state index >= 15 is 0 Å². The first-order chi connectivity index (χ1) is 14.4. The van der Waals surface area contributed by atoms with Crippen LogP contribution < -0.4 is 0 Å². The van der Waals surface area contributed by atoms with E-state index in [1.54, 1.807) is 11.9 Å². The summed E-state index contributed by atoms with van der Waals surface area (Å²) in [6.07, 6.45) is 0.686. The quantitative estimate of drug-likeness (QED) is 0.690. The third-order valence-electron chi connectivity index (χ3n) is 5.58. The van der Waals surface area contributed by atoms with Gasteiger partial charge < -0.3 is 23.7 Å². The molecule has 30 heavy (non-hydrogen) atoms. The molecule has 1 amide bonds. The van der Waals surface area contributed by atoms with Crippen LogP contribution in [0.15, 0.2) is 21.1 Å². The molecule has 1 N–H and O–H groups in total. The third kappa shape index (κ3) is 4.54. The van der Waals surface area contributed by atoms with E-state index in [-0.39, 0.29) is 18.3 Å². The highest BCUT2D eigenvalue weighted by atomic mass is 16.5. The van der Waals surface area contributed by atoms with Crippen LogP contribution in [0.4, 0.5) is 0 Å². The monoisotopic (exact) mass is 420 g/mol. The van der Waals surface area contributed by atoms with Crippen LogP contribution in [0.2, 0.25) is 0 Å². The first kappa shape index (κ1) is 22.0. The fraction of sp³-hybridized carbons (Fsp3) is 0.600. The summed E-state index contributed by atoms with van der Waals surface area (Å²) in [5.41, 5.74) is -0.506. The topological polar surface area (TPSA) is 122 Å². The molecule has 2 saturated heterocycles. The van der Waals surface area contributed by atoms with Gasteiger partial charge in [-0.05, 0) is 19.1 Å². The zero-order chi connectivity index (χ0) is 21.7. The van der Waals surface area contributed by atoms with Crippen LogP contribution in [0, 0.1) is 18.3 Å². The second-order valence-corrected chi connectivity index (χ2v) is 7.77. The van der Waals surface area contributed by atoms with Gasteiger partial charge in [-0.25, -0.2) is 0 Å². The van der Waals surface area contributed by atoms with E-state index in [0.29, 0.717) is 51.0 Å². The summed E-state index contributed by atoms with van der Waals surface area (Å²) in [7, 11) is 1.80. The number of furan rings is 1. The Balaban J connectivity index is 0.000000806. The Morgan fingerprint density at radius 3 is 2.87 bits per heavy atom. The van der Waals surface area contributed by atoms with E-state index in [2.05, 4.69) is 15.0 Å². The van der Waals surface area contributed by atoms with Gasteiger partial charge in [0.2, 0.25) is 11.8 Å². The number of ether oxygens (including phenoxy) is 1. The van der Waals surface area contributed by atoms with Gasteiger partial charge in [-0.1, -0.05) is 12.1 Å². The minimum Gasteiger partial charge on any atom is -0.483 e. The molecule has 0 saturated carbocycles. The minimum atomic E-state index is -0.506. The zero-order valence-corrected chi connectivity index (χ0v) is 17.5. The van der Waals surface area contributed by atoms with Gasteiger partial charge in [0.25, 0.3) is 6.47 Å². The van der Waals surface area contributed by atoms with Gasteiger partial charge in [0.1, 0.15) is 11.5 Å². The lowest BCUT2D eigenvalue weighted by Crippen LogP contribution is -2.47. The van der Waals surface area contributed by atoms with E-state index in [1.807, 2.05) is 26.0 Å². The normalized spacial score (nSPS) is 23.0. The van der Waals surface area contributed by atoms with Crippen LogP contribution >= 0.6 is 0 Å². The largest absolute Gasteiger partial charge is 0.483 e. The summed E-state index contributed by atoms with van der Waals surface area (Å²) in [6, 6.07) is 3.97. The maximum Gasteiger partial charge on any atom is 0.290 e. The van der Waals surface area contributed by atoms with Crippen molar-refractivity contribution in [2.24, 2.45) is 11.3 Å². The molecule has 0 bridgehead atoms. The molecule has 2 aliphatic heterocycles. The lowest BCUT2D eigenvalue weighted by molar-refractivity contribution is -0.142. The number of fused-ring (bicyclic) bond motifs is 1. The first-order valence-electron chi connectivity index (χ1n) is 9.92. The molecule has 4 rings (SSSR count). The Kier molecular flexibility index (Phi) is 6.88. The van der Waals surface area contributed by atoms with Gasteiger partial charge in [-0.15, -0.1) is 0 Å². The molecule has 2 aromatic heterocycles. The highest BCUT2D eigenvalue weighted by molar-refractivity contribution is 5.84. The Bertz CT molecular complexity index is 865. The average molecular weight is 420 g/mol. The van der Waals surface area contributed by atoms with Crippen LogP contribution in [0.3, 0.4) is 0 Å². The minimum absolute atomic E-state index is 0.0889. The molecule has 0 radical (unpaired) electrons. The smallest absolute Gasteiger partial charge is 0.290 e. The fourth-order valence-corrected chi connectivity index (χ4v) is 4.22. The number of hydrogen-bond donors (Lipinski definition) is 1. The predicted molar refractivity (Wildman–Crippen MR) is 104 cm³/mol. The van der Waals surface area contributed by atoms with Crippen molar-refractivity contribution >= 4 is 12.4 Å². The summed E-state index contributed by atoms with van der Waals surface area (Å²) in [5, 5.41) is 10.8. The molecule has 0 unspecified atom stereocenters. The van der Waals surface area contributed by atoms with Gasteiger partial charge in [0.05, 0.1) is 31.7 Å². The van der Waals surface area contributed by atoms with E-state index in [0.717, 1.165) is 18.1 Å². The number of carbonyl (C=O) groups excluding carboxylic acids is 1. The highest BCUT2D eigenvalue weighted by Crippen LogP contribution is 2.43. The van der Waals surface area contributed by atoms with E-state index in [1.165, 1.54) is 0 Å². The number of aryl methyl sites for hydroxylation is 2. The van der Waals surface area contributed by atoms with Crippen molar-refractivity contribution in [3.8, 4) is 0 Å². The van der Waals surface area contributed by atoms with E-state index in [9.17, 15) is 4.79 Å². The molecular formula is C20H28N4O6. The van der Waals surface area contributed by atoms with Crippen molar-refractivity contribution in [3.05, 3.63) is 35.4 Å². The maximum absolute atomic E-state index is 13.3. The molecule has 0 aromatic carbocycles. The number of amides is 1. The number of carboxylic acid groups (broad SMARTS) is 1. The molecule has 2 atom stereocenters. The molecule has 2 aromatic rings. The second-order valence-electron chi connectivity index (χ2n) is 7.77. The predicted octanol–water partition coefficient (Wildman–Crippen LogP) is 1.34. The zero-order valence-electron chi connectivity index (χ0n) is 17.5. The second kappa shape index (κ2) is 9.40. The number of nitrogens with zero attached hydrogens (tertiary/aromatic N) is 4. The summed E-state index contributed by atoms with van der Waals surface area (Å²) in [4.78, 5) is 30.0. The lowest BCUT2D eigenvalue weighted by atomic mass is 9.79. The summed E-state index contributed by atoms with van der Waals surface area (Å²) in [5.74, 6) is 3.25. The van der Waals surface area contributed by atoms with Gasteiger partial charge >= 0.3 is 0 Å². The summed E-state index contributed by atoms with van der Waals surface area (Å²) in [6.45, 7) is 7.30. The first-order valence-corrected chi connectivity index (χ1v) is 9.92. The Hall–Kier alpha value is -2.72. The number of rotatable bonds is 6. The van der Waals surface area contributed by atoms with Crippen molar-refractivity contribution in [1.29, 1.82) is 0 Å². The summed E-state index contributed by atoms with van der Waals surface area (Å²) >= 11 is 0. The van der Waals surface area contributed by atoms with Crippen LogP contribution in [-0.2, 0) is 33.8 Å². The molecule has 0 spiro atoms. The molecule has 10 nitrogen and oxygen atoms in total. The summed E-state index contributed by atoms with van der Waals surface area (Å²) < 4.78 is 16.6.